The van der Waals surface area contributed by atoms with Gasteiger partial charge in [-0.25, -0.2) is 4.99 Å². The number of fused-ring (bicyclic) bond motifs is 1. The first-order chi connectivity index (χ1) is 16.0. The number of primary amides is 1. The molecule has 0 radical (unpaired) electrons. The van der Waals surface area contributed by atoms with Gasteiger partial charge < -0.3 is 19.8 Å². The molecule has 0 spiro atoms. The molecule has 2 heterocycles. The number of benzene rings is 2. The molecule has 33 heavy (non-hydrogen) atoms. The number of amides is 2. The van der Waals surface area contributed by atoms with Crippen LogP contribution in [0.2, 0.25) is 0 Å². The van der Waals surface area contributed by atoms with E-state index in [1.807, 2.05) is 60.8 Å². The molecule has 9 heteroatoms. The Morgan fingerprint density at radius 1 is 1.15 bits per heavy atom. The Hall–Kier alpha value is -3.56. The lowest BCUT2D eigenvalue weighted by Gasteiger charge is -2.14. The number of carbonyl (C=O) groups excluding carboxylic acids is 2. The van der Waals surface area contributed by atoms with Crippen LogP contribution in [0.5, 0.6) is 5.75 Å². The summed E-state index contributed by atoms with van der Waals surface area (Å²) in [5.74, 6) is 0.162. The Kier molecular flexibility index (Phi) is 6.81. The van der Waals surface area contributed by atoms with E-state index in [0.29, 0.717) is 28.9 Å². The molecule has 2 aromatic carbocycles. The van der Waals surface area contributed by atoms with E-state index in [1.165, 1.54) is 11.8 Å². The zero-order chi connectivity index (χ0) is 23.4. The second-order valence-corrected chi connectivity index (χ2v) is 8.36. The van der Waals surface area contributed by atoms with Crippen LogP contribution in [-0.4, -0.2) is 53.8 Å². The van der Waals surface area contributed by atoms with Crippen molar-refractivity contribution in [2.45, 2.75) is 6.54 Å². The van der Waals surface area contributed by atoms with Gasteiger partial charge in [0, 0.05) is 29.8 Å². The SMILES string of the molecule is COCCN1C(=O)/C(=C/c2cn(CC(N)=O)c3ccccc23)SC1=Nc1ccc(OC)cc1. The molecule has 1 fully saturated rings. The van der Waals surface area contributed by atoms with Gasteiger partial charge in [0.05, 0.1) is 30.9 Å². The molecule has 0 unspecified atom stereocenters. The third-order valence-electron chi connectivity index (χ3n) is 5.14. The van der Waals surface area contributed by atoms with Crippen molar-refractivity contribution in [3.8, 4) is 5.75 Å². The first-order valence-corrected chi connectivity index (χ1v) is 11.1. The number of hydrogen-bond donors (Lipinski definition) is 1. The third-order valence-corrected chi connectivity index (χ3v) is 6.14. The number of ether oxygens (including phenoxy) is 2. The van der Waals surface area contributed by atoms with Crippen LogP contribution in [-0.2, 0) is 20.9 Å². The zero-order valence-electron chi connectivity index (χ0n) is 18.4. The number of hydrogen-bond acceptors (Lipinski definition) is 6. The van der Waals surface area contributed by atoms with E-state index in [0.717, 1.165) is 22.2 Å². The molecule has 4 rings (SSSR count). The van der Waals surface area contributed by atoms with Crippen LogP contribution < -0.4 is 10.5 Å². The van der Waals surface area contributed by atoms with E-state index in [1.54, 1.807) is 23.7 Å². The van der Waals surface area contributed by atoms with Gasteiger partial charge in [0.15, 0.2) is 5.17 Å². The van der Waals surface area contributed by atoms with Crippen LogP contribution in [0.15, 0.2) is 64.6 Å². The van der Waals surface area contributed by atoms with Gasteiger partial charge in [0.2, 0.25) is 5.91 Å². The maximum Gasteiger partial charge on any atom is 0.266 e. The van der Waals surface area contributed by atoms with Crippen molar-refractivity contribution in [2.75, 3.05) is 27.4 Å². The number of methoxy groups -OCH3 is 2. The maximum atomic E-state index is 13.2. The molecule has 1 aromatic heterocycles. The fourth-order valence-electron chi connectivity index (χ4n) is 3.57. The number of aromatic nitrogens is 1. The largest absolute Gasteiger partial charge is 0.497 e. The fourth-order valence-corrected chi connectivity index (χ4v) is 4.58. The van der Waals surface area contributed by atoms with Crippen molar-refractivity contribution in [3.05, 3.63) is 65.2 Å². The van der Waals surface area contributed by atoms with E-state index in [-0.39, 0.29) is 12.5 Å². The summed E-state index contributed by atoms with van der Waals surface area (Å²) in [5.41, 5.74) is 7.84. The lowest BCUT2D eigenvalue weighted by molar-refractivity contribution is -0.122. The highest BCUT2D eigenvalue weighted by Crippen LogP contribution is 2.35. The standard InChI is InChI=1S/C24H24N4O4S/c1-31-12-11-28-23(30)21(33-24(28)26-17-7-9-18(32-2)10-8-17)13-16-14-27(15-22(25)29)20-6-4-3-5-19(16)20/h3-10,13-14H,11-12,15H2,1-2H3,(H2,25,29)/b21-13-,26-24?. The molecular weight excluding hydrogens is 440 g/mol. The van der Waals surface area contributed by atoms with Crippen molar-refractivity contribution in [2.24, 2.45) is 10.7 Å². The summed E-state index contributed by atoms with van der Waals surface area (Å²) in [4.78, 5) is 31.6. The molecule has 170 valence electrons. The average Bonchev–Trinajstić information content (AvgIpc) is 3.30. The van der Waals surface area contributed by atoms with Crippen molar-refractivity contribution >= 4 is 51.4 Å². The predicted octanol–water partition coefficient (Wildman–Crippen LogP) is 3.39. The van der Waals surface area contributed by atoms with Gasteiger partial charge in [0.25, 0.3) is 5.91 Å². The highest BCUT2D eigenvalue weighted by molar-refractivity contribution is 8.18. The van der Waals surface area contributed by atoms with Crippen molar-refractivity contribution < 1.29 is 19.1 Å². The van der Waals surface area contributed by atoms with Crippen molar-refractivity contribution in [1.82, 2.24) is 9.47 Å². The molecule has 0 bridgehead atoms. The quantitative estimate of drug-likeness (QED) is 0.515. The van der Waals surface area contributed by atoms with Gasteiger partial charge in [-0.05, 0) is 48.2 Å². The molecular formula is C24H24N4O4S. The third kappa shape index (κ3) is 4.94. The summed E-state index contributed by atoms with van der Waals surface area (Å²) in [5, 5.41) is 1.51. The Labute approximate surface area is 195 Å². The van der Waals surface area contributed by atoms with E-state index in [2.05, 4.69) is 4.99 Å². The molecule has 0 saturated carbocycles. The summed E-state index contributed by atoms with van der Waals surface area (Å²) >= 11 is 1.31. The Bertz CT molecular complexity index is 1250. The minimum Gasteiger partial charge on any atom is -0.497 e. The fraction of sp³-hybridized carbons (Fsp3) is 0.208. The van der Waals surface area contributed by atoms with Gasteiger partial charge in [-0.2, -0.15) is 0 Å². The van der Waals surface area contributed by atoms with E-state index in [9.17, 15) is 9.59 Å². The molecule has 2 amide bonds. The van der Waals surface area contributed by atoms with Crippen LogP contribution in [0, 0.1) is 0 Å². The number of thioether (sulfide) groups is 1. The maximum absolute atomic E-state index is 13.2. The zero-order valence-corrected chi connectivity index (χ0v) is 19.2. The van der Waals surface area contributed by atoms with Gasteiger partial charge >= 0.3 is 0 Å². The number of carbonyl (C=O) groups is 2. The normalized spacial score (nSPS) is 16.3. The molecule has 0 atom stereocenters. The van der Waals surface area contributed by atoms with E-state index >= 15 is 0 Å². The van der Waals surface area contributed by atoms with Crippen LogP contribution in [0.1, 0.15) is 5.56 Å². The number of rotatable bonds is 8. The number of para-hydroxylation sites is 1. The number of amidine groups is 1. The second kappa shape index (κ2) is 9.93. The monoisotopic (exact) mass is 464 g/mol. The lowest BCUT2D eigenvalue weighted by atomic mass is 10.1. The first kappa shape index (κ1) is 22.6. The summed E-state index contributed by atoms with van der Waals surface area (Å²) in [6, 6.07) is 15.0. The Morgan fingerprint density at radius 2 is 1.91 bits per heavy atom. The van der Waals surface area contributed by atoms with Gasteiger partial charge in [-0.15, -0.1) is 0 Å². The minimum atomic E-state index is -0.430. The van der Waals surface area contributed by atoms with Gasteiger partial charge in [-0.1, -0.05) is 18.2 Å². The lowest BCUT2D eigenvalue weighted by Crippen LogP contribution is -2.32. The van der Waals surface area contributed by atoms with Crippen molar-refractivity contribution in [3.63, 3.8) is 0 Å². The smallest absolute Gasteiger partial charge is 0.266 e. The summed E-state index contributed by atoms with van der Waals surface area (Å²) in [6.45, 7) is 0.839. The van der Waals surface area contributed by atoms with Crippen LogP contribution in [0.3, 0.4) is 0 Å². The Balaban J connectivity index is 1.71. The highest BCUT2D eigenvalue weighted by Gasteiger charge is 2.33. The molecule has 1 saturated heterocycles. The average molecular weight is 465 g/mol. The number of aliphatic imine (C=N–C) groups is 1. The van der Waals surface area contributed by atoms with Crippen LogP contribution in [0.25, 0.3) is 17.0 Å². The predicted molar refractivity (Wildman–Crippen MR) is 130 cm³/mol. The molecule has 1 aliphatic rings. The van der Waals surface area contributed by atoms with E-state index in [4.69, 9.17) is 15.2 Å². The number of nitrogens with zero attached hydrogens (tertiary/aromatic N) is 3. The number of nitrogens with two attached hydrogens (primary N) is 1. The summed E-state index contributed by atoms with van der Waals surface area (Å²) < 4.78 is 12.2. The topological polar surface area (TPSA) is 99.2 Å². The van der Waals surface area contributed by atoms with Crippen LogP contribution >= 0.6 is 11.8 Å². The first-order valence-electron chi connectivity index (χ1n) is 10.3. The minimum absolute atomic E-state index is 0.0644. The van der Waals surface area contributed by atoms with E-state index < -0.39 is 5.91 Å². The van der Waals surface area contributed by atoms with Crippen LogP contribution in [0.4, 0.5) is 5.69 Å². The molecule has 1 aliphatic heterocycles. The molecule has 0 aliphatic carbocycles. The molecule has 3 aromatic rings. The molecule has 8 nitrogen and oxygen atoms in total. The second-order valence-electron chi connectivity index (χ2n) is 7.35. The summed E-state index contributed by atoms with van der Waals surface area (Å²) in [6.07, 6.45) is 3.68. The summed E-state index contributed by atoms with van der Waals surface area (Å²) in [7, 11) is 3.20. The Morgan fingerprint density at radius 3 is 2.61 bits per heavy atom. The highest BCUT2D eigenvalue weighted by atomic mass is 32.2. The molecule has 2 N–H and O–H groups in total. The van der Waals surface area contributed by atoms with Gasteiger partial charge in [0.1, 0.15) is 12.3 Å². The van der Waals surface area contributed by atoms with Gasteiger partial charge in [-0.3, -0.25) is 14.5 Å². The van der Waals surface area contributed by atoms with Crippen molar-refractivity contribution in [1.29, 1.82) is 0 Å².